The van der Waals surface area contributed by atoms with E-state index in [-0.39, 0.29) is 11.9 Å². The molecule has 0 radical (unpaired) electrons. The number of nitrogens with zero attached hydrogens (tertiary/aromatic N) is 3. The minimum absolute atomic E-state index is 0.0244. The summed E-state index contributed by atoms with van der Waals surface area (Å²) < 4.78 is 3.41. The Labute approximate surface area is 205 Å². The van der Waals surface area contributed by atoms with Crippen molar-refractivity contribution in [3.63, 3.8) is 0 Å². The van der Waals surface area contributed by atoms with Crippen molar-refractivity contribution in [2.24, 2.45) is 0 Å². The summed E-state index contributed by atoms with van der Waals surface area (Å²) >= 11 is 0. The molecule has 0 bridgehead atoms. The van der Waals surface area contributed by atoms with Crippen molar-refractivity contribution >= 4 is 22.8 Å². The van der Waals surface area contributed by atoms with E-state index in [9.17, 15) is 14.4 Å². The average molecular weight is 481 g/mol. The van der Waals surface area contributed by atoms with Gasteiger partial charge in [-0.15, -0.1) is 0 Å². The summed E-state index contributed by atoms with van der Waals surface area (Å²) in [4.78, 5) is 44.9. The smallest absolute Gasteiger partial charge is 0.330 e. The molecule has 35 heavy (non-hydrogen) atoms. The highest BCUT2D eigenvalue weighted by Gasteiger charge is 2.19. The predicted molar refractivity (Wildman–Crippen MR) is 138 cm³/mol. The summed E-state index contributed by atoms with van der Waals surface area (Å²) in [5, 5.41) is 6.56. The van der Waals surface area contributed by atoms with Crippen molar-refractivity contribution in [3.05, 3.63) is 56.0 Å². The third-order valence-electron chi connectivity index (χ3n) is 6.88. The molecule has 1 aromatic carbocycles. The number of imidazole rings is 1. The first-order valence-corrected chi connectivity index (χ1v) is 12.8. The van der Waals surface area contributed by atoms with Crippen LogP contribution in [0.25, 0.3) is 11.2 Å². The number of unbranched alkanes of at least 4 members (excludes halogenated alkanes) is 1. The molecule has 1 fully saturated rings. The van der Waals surface area contributed by atoms with Crippen LogP contribution in [0.3, 0.4) is 0 Å². The van der Waals surface area contributed by atoms with E-state index in [1.807, 2.05) is 36.6 Å². The molecule has 1 aliphatic rings. The molecule has 4 rings (SSSR count). The quantitative estimate of drug-likeness (QED) is 0.432. The Morgan fingerprint density at radius 1 is 1.14 bits per heavy atom. The van der Waals surface area contributed by atoms with Crippen molar-refractivity contribution in [2.45, 2.75) is 91.4 Å². The highest BCUT2D eigenvalue weighted by Crippen LogP contribution is 2.21. The molecule has 9 nitrogen and oxygen atoms in total. The molecule has 0 aliphatic heterocycles. The van der Waals surface area contributed by atoms with Gasteiger partial charge in [-0.2, -0.15) is 0 Å². The Morgan fingerprint density at radius 3 is 2.60 bits per heavy atom. The third-order valence-corrected chi connectivity index (χ3v) is 6.88. The molecule has 1 aliphatic carbocycles. The Kier molecular flexibility index (Phi) is 7.73. The van der Waals surface area contributed by atoms with Crippen LogP contribution in [0.15, 0.2) is 27.8 Å². The van der Waals surface area contributed by atoms with E-state index < -0.39 is 11.2 Å². The second-order valence-electron chi connectivity index (χ2n) is 9.40. The summed E-state index contributed by atoms with van der Waals surface area (Å²) in [6, 6.07) is 5.92. The standard InChI is InChI=1S/C26H36N6O3/c1-4-6-14-32-23-22(25(34)30-26(32)35)31(5-2)21(29-23)16-27-20-13-12-18(15-17(20)3)24(33)28-19-10-8-7-9-11-19/h12-13,15,19,27H,4-11,14,16H2,1-3H3,(H,28,33)(H,30,34,35). The number of hydrogen-bond acceptors (Lipinski definition) is 5. The minimum atomic E-state index is -0.422. The SMILES string of the molecule is CCCCn1c(=O)[nH]c(=O)c2c1nc(CNc1ccc(C(=O)NC3CCCCC3)cc1C)n2CC. The zero-order valence-corrected chi connectivity index (χ0v) is 20.9. The maximum Gasteiger partial charge on any atom is 0.330 e. The molecule has 0 spiro atoms. The van der Waals surface area contributed by atoms with Gasteiger partial charge in [-0.3, -0.25) is 19.1 Å². The van der Waals surface area contributed by atoms with Crippen LogP contribution in [0, 0.1) is 6.92 Å². The Bertz CT molecular complexity index is 1310. The number of aryl methyl sites for hydroxylation is 3. The van der Waals surface area contributed by atoms with Crippen LogP contribution < -0.4 is 21.9 Å². The molecule has 188 valence electrons. The van der Waals surface area contributed by atoms with Gasteiger partial charge >= 0.3 is 5.69 Å². The van der Waals surface area contributed by atoms with Gasteiger partial charge < -0.3 is 15.2 Å². The van der Waals surface area contributed by atoms with Gasteiger partial charge in [0, 0.05) is 30.4 Å². The van der Waals surface area contributed by atoms with Crippen LogP contribution in [-0.2, 0) is 19.6 Å². The third kappa shape index (κ3) is 5.33. The summed E-state index contributed by atoms with van der Waals surface area (Å²) in [5.74, 6) is 0.658. The highest BCUT2D eigenvalue weighted by molar-refractivity contribution is 5.95. The molecule has 1 amide bonds. The van der Waals surface area contributed by atoms with Crippen LogP contribution in [0.2, 0.25) is 0 Å². The fourth-order valence-corrected chi connectivity index (χ4v) is 4.91. The number of benzene rings is 1. The molecule has 2 aromatic heterocycles. The van der Waals surface area contributed by atoms with Crippen molar-refractivity contribution in [3.8, 4) is 0 Å². The van der Waals surface area contributed by atoms with Gasteiger partial charge in [0.15, 0.2) is 11.2 Å². The fraction of sp³-hybridized carbons (Fsp3) is 0.538. The van der Waals surface area contributed by atoms with Crippen molar-refractivity contribution in [1.29, 1.82) is 0 Å². The van der Waals surface area contributed by atoms with Gasteiger partial charge in [-0.25, -0.2) is 9.78 Å². The number of amides is 1. The molecule has 1 saturated carbocycles. The monoisotopic (exact) mass is 480 g/mol. The first-order chi connectivity index (χ1) is 16.9. The van der Waals surface area contributed by atoms with Gasteiger partial charge in [-0.1, -0.05) is 32.6 Å². The normalized spacial score (nSPS) is 14.4. The molecular weight excluding hydrogens is 444 g/mol. The van der Waals surface area contributed by atoms with E-state index in [2.05, 4.69) is 22.5 Å². The van der Waals surface area contributed by atoms with E-state index >= 15 is 0 Å². The molecule has 0 unspecified atom stereocenters. The van der Waals surface area contributed by atoms with Crippen LogP contribution in [0.1, 0.15) is 80.5 Å². The lowest BCUT2D eigenvalue weighted by atomic mass is 9.95. The van der Waals surface area contributed by atoms with Gasteiger partial charge in [-0.05, 0) is 56.9 Å². The van der Waals surface area contributed by atoms with Crippen LogP contribution in [0.4, 0.5) is 5.69 Å². The Morgan fingerprint density at radius 2 is 1.91 bits per heavy atom. The zero-order chi connectivity index (χ0) is 24.9. The number of nitrogens with one attached hydrogen (secondary N) is 3. The molecule has 3 N–H and O–H groups in total. The number of anilines is 1. The van der Waals surface area contributed by atoms with Gasteiger partial charge in [0.05, 0.1) is 6.54 Å². The molecule has 3 aromatic rings. The molecule has 2 heterocycles. The van der Waals surface area contributed by atoms with Crippen LogP contribution >= 0.6 is 0 Å². The number of fused-ring (bicyclic) bond motifs is 1. The molecular formula is C26H36N6O3. The first kappa shape index (κ1) is 24.8. The van der Waals surface area contributed by atoms with E-state index in [0.717, 1.165) is 36.9 Å². The van der Waals surface area contributed by atoms with Crippen LogP contribution in [0.5, 0.6) is 0 Å². The summed E-state index contributed by atoms with van der Waals surface area (Å²) in [6.45, 7) is 7.44. The fourth-order valence-electron chi connectivity index (χ4n) is 4.91. The van der Waals surface area contributed by atoms with Crippen molar-refractivity contribution in [2.75, 3.05) is 5.32 Å². The van der Waals surface area contributed by atoms with Crippen LogP contribution in [-0.4, -0.2) is 31.1 Å². The lowest BCUT2D eigenvalue weighted by Gasteiger charge is -2.23. The molecule has 0 saturated heterocycles. The number of carbonyl (C=O) groups excluding carboxylic acids is 1. The number of aromatic amines is 1. The number of rotatable bonds is 9. The molecule has 0 atom stereocenters. The van der Waals surface area contributed by atoms with Gasteiger partial charge in [0.2, 0.25) is 0 Å². The average Bonchev–Trinajstić information content (AvgIpc) is 3.22. The van der Waals surface area contributed by atoms with Crippen molar-refractivity contribution < 1.29 is 4.79 Å². The van der Waals surface area contributed by atoms with Crippen molar-refractivity contribution in [1.82, 2.24) is 24.4 Å². The van der Waals surface area contributed by atoms with E-state index in [1.54, 1.807) is 4.57 Å². The summed E-state index contributed by atoms with van der Waals surface area (Å²) in [6.07, 6.45) is 7.47. The largest absolute Gasteiger partial charge is 0.378 e. The topological polar surface area (TPSA) is 114 Å². The lowest BCUT2D eigenvalue weighted by molar-refractivity contribution is 0.0927. The number of aromatic nitrogens is 4. The zero-order valence-electron chi connectivity index (χ0n) is 20.9. The van der Waals surface area contributed by atoms with E-state index in [0.29, 0.717) is 42.2 Å². The lowest BCUT2D eigenvalue weighted by Crippen LogP contribution is -2.36. The highest BCUT2D eigenvalue weighted by atomic mass is 16.2. The summed E-state index contributed by atoms with van der Waals surface area (Å²) in [5.41, 5.74) is 2.52. The number of hydrogen-bond donors (Lipinski definition) is 3. The second kappa shape index (κ2) is 10.9. The number of carbonyl (C=O) groups is 1. The summed E-state index contributed by atoms with van der Waals surface area (Å²) in [7, 11) is 0. The first-order valence-electron chi connectivity index (χ1n) is 12.8. The Hall–Kier alpha value is -3.36. The Balaban J connectivity index is 1.54. The number of H-pyrrole nitrogens is 1. The van der Waals surface area contributed by atoms with Gasteiger partial charge in [0.25, 0.3) is 11.5 Å². The predicted octanol–water partition coefficient (Wildman–Crippen LogP) is 3.69. The molecule has 9 heteroatoms. The van der Waals surface area contributed by atoms with E-state index in [1.165, 1.54) is 19.3 Å². The maximum absolute atomic E-state index is 12.7. The minimum Gasteiger partial charge on any atom is -0.378 e. The second-order valence-corrected chi connectivity index (χ2v) is 9.40. The van der Waals surface area contributed by atoms with E-state index in [4.69, 9.17) is 4.98 Å². The van der Waals surface area contributed by atoms with Gasteiger partial charge in [0.1, 0.15) is 5.82 Å². The maximum atomic E-state index is 12.7.